The second-order valence-electron chi connectivity index (χ2n) is 4.24. The van der Waals surface area contributed by atoms with Crippen LogP contribution in [0.3, 0.4) is 0 Å². The third-order valence-electron chi connectivity index (χ3n) is 2.74. The van der Waals surface area contributed by atoms with E-state index in [4.69, 9.17) is 9.84 Å². The maximum Gasteiger partial charge on any atom is 0.335 e. The number of carbonyl (C=O) groups is 1. The Kier molecular flexibility index (Phi) is 4.41. The van der Waals surface area contributed by atoms with Crippen LogP contribution in [0.15, 0.2) is 48.5 Å². The number of carboxylic acid groups (broad SMARTS) is 1. The molecule has 0 saturated heterocycles. The van der Waals surface area contributed by atoms with Gasteiger partial charge in [0, 0.05) is 5.56 Å². The Morgan fingerprint density at radius 2 is 1.95 bits per heavy atom. The van der Waals surface area contributed by atoms with Crippen LogP contribution in [0.4, 0.5) is 0 Å². The topological polar surface area (TPSA) is 46.5 Å². The lowest BCUT2D eigenvalue weighted by atomic mass is 10.1. The molecule has 2 rings (SSSR count). The lowest BCUT2D eigenvalue weighted by molar-refractivity contribution is 0.0696. The highest BCUT2D eigenvalue weighted by Crippen LogP contribution is 2.19. The second kappa shape index (κ2) is 6.44. The van der Waals surface area contributed by atoms with Crippen LogP contribution in [0.2, 0.25) is 0 Å². The Labute approximate surface area is 117 Å². The summed E-state index contributed by atoms with van der Waals surface area (Å²) in [5.41, 5.74) is 2.02. The van der Waals surface area contributed by atoms with Crippen LogP contribution < -0.4 is 4.74 Å². The summed E-state index contributed by atoms with van der Waals surface area (Å²) in [5, 5.41) is 8.94. The summed E-state index contributed by atoms with van der Waals surface area (Å²) in [6.45, 7) is 2.09. The molecule has 0 bridgehead atoms. The molecule has 0 aromatic heterocycles. The van der Waals surface area contributed by atoms with Crippen LogP contribution >= 0.6 is 0 Å². The Hall–Kier alpha value is -2.73. The minimum atomic E-state index is -0.967. The molecule has 0 heterocycles. The third-order valence-corrected chi connectivity index (χ3v) is 2.74. The normalized spacial score (nSPS) is 9.45. The Balaban J connectivity index is 2.03. The lowest BCUT2D eigenvalue weighted by Crippen LogP contribution is -2.00. The van der Waals surface area contributed by atoms with Gasteiger partial charge in [-0.3, -0.25) is 0 Å². The Morgan fingerprint density at radius 1 is 1.20 bits per heavy atom. The zero-order valence-corrected chi connectivity index (χ0v) is 11.1. The average Bonchev–Trinajstić information content (AvgIpc) is 2.46. The van der Waals surface area contributed by atoms with Gasteiger partial charge in [-0.2, -0.15) is 0 Å². The first kappa shape index (κ1) is 13.7. The van der Waals surface area contributed by atoms with E-state index in [0.29, 0.717) is 5.75 Å². The van der Waals surface area contributed by atoms with Crippen molar-refractivity contribution in [3.05, 3.63) is 65.2 Å². The first-order valence-corrected chi connectivity index (χ1v) is 6.17. The van der Waals surface area contributed by atoms with Gasteiger partial charge in [-0.25, -0.2) is 4.79 Å². The molecule has 100 valence electrons. The minimum Gasteiger partial charge on any atom is -0.481 e. The lowest BCUT2D eigenvalue weighted by Gasteiger charge is -2.06. The van der Waals surface area contributed by atoms with E-state index in [1.54, 1.807) is 12.1 Å². The zero-order valence-electron chi connectivity index (χ0n) is 11.1. The van der Waals surface area contributed by atoms with Crippen LogP contribution in [0, 0.1) is 18.8 Å². The molecule has 0 unspecified atom stereocenters. The van der Waals surface area contributed by atoms with Crippen molar-refractivity contribution in [1.82, 2.24) is 0 Å². The van der Waals surface area contributed by atoms with E-state index in [9.17, 15) is 4.79 Å². The van der Waals surface area contributed by atoms with Gasteiger partial charge in [0.2, 0.25) is 0 Å². The molecule has 0 saturated carbocycles. The summed E-state index contributed by atoms with van der Waals surface area (Å²) in [6, 6.07) is 14.4. The van der Waals surface area contributed by atoms with Crippen molar-refractivity contribution in [3.8, 4) is 17.6 Å². The van der Waals surface area contributed by atoms with Gasteiger partial charge in [0.25, 0.3) is 0 Å². The van der Waals surface area contributed by atoms with Gasteiger partial charge < -0.3 is 9.84 Å². The van der Waals surface area contributed by atoms with Crippen molar-refractivity contribution in [1.29, 1.82) is 0 Å². The molecule has 0 spiro atoms. The zero-order chi connectivity index (χ0) is 14.4. The number of hydrogen-bond acceptors (Lipinski definition) is 2. The van der Waals surface area contributed by atoms with Crippen LogP contribution in [0.5, 0.6) is 5.75 Å². The molecular formula is C17H14O3. The largest absolute Gasteiger partial charge is 0.481 e. The summed E-state index contributed by atoms with van der Waals surface area (Å²) < 4.78 is 5.51. The van der Waals surface area contributed by atoms with Crippen molar-refractivity contribution in [2.75, 3.05) is 6.61 Å². The van der Waals surface area contributed by atoms with Crippen molar-refractivity contribution >= 4 is 5.97 Å². The van der Waals surface area contributed by atoms with Gasteiger partial charge >= 0.3 is 5.97 Å². The smallest absolute Gasteiger partial charge is 0.335 e. The monoisotopic (exact) mass is 266 g/mol. The molecular weight excluding hydrogens is 252 g/mol. The Morgan fingerprint density at radius 3 is 2.65 bits per heavy atom. The van der Waals surface area contributed by atoms with E-state index in [0.717, 1.165) is 11.1 Å². The van der Waals surface area contributed by atoms with E-state index < -0.39 is 5.97 Å². The standard InChI is InChI=1S/C17H14O3/c1-13-9-10-15(17(18)19)12-16(13)20-11-5-8-14-6-3-2-4-7-14/h2-4,6-7,9-10,12H,11H2,1H3,(H,18,19). The van der Waals surface area contributed by atoms with Gasteiger partial charge in [0.05, 0.1) is 5.56 Å². The molecule has 0 aliphatic rings. The predicted octanol–water partition coefficient (Wildman–Crippen LogP) is 3.12. The fourth-order valence-corrected chi connectivity index (χ4v) is 1.66. The van der Waals surface area contributed by atoms with Gasteiger partial charge in [-0.05, 0) is 36.8 Å². The van der Waals surface area contributed by atoms with Gasteiger partial charge in [0.1, 0.15) is 12.4 Å². The van der Waals surface area contributed by atoms with Gasteiger partial charge in [-0.1, -0.05) is 36.1 Å². The number of aryl methyl sites for hydroxylation is 1. The van der Waals surface area contributed by atoms with Gasteiger partial charge in [-0.15, -0.1) is 0 Å². The molecule has 2 aromatic carbocycles. The van der Waals surface area contributed by atoms with E-state index in [-0.39, 0.29) is 12.2 Å². The number of ether oxygens (including phenoxy) is 1. The highest BCUT2D eigenvalue weighted by molar-refractivity contribution is 5.88. The van der Waals surface area contributed by atoms with Crippen molar-refractivity contribution in [2.24, 2.45) is 0 Å². The maximum atomic E-state index is 10.9. The van der Waals surface area contributed by atoms with E-state index in [2.05, 4.69) is 11.8 Å². The fraction of sp³-hybridized carbons (Fsp3) is 0.118. The summed E-state index contributed by atoms with van der Waals surface area (Å²) in [4.78, 5) is 10.9. The molecule has 0 fully saturated rings. The maximum absolute atomic E-state index is 10.9. The molecule has 3 nitrogen and oxygen atoms in total. The van der Waals surface area contributed by atoms with Crippen LogP contribution in [0.1, 0.15) is 21.5 Å². The van der Waals surface area contributed by atoms with Gasteiger partial charge in [0.15, 0.2) is 0 Å². The first-order chi connectivity index (χ1) is 9.66. The molecule has 0 aliphatic heterocycles. The van der Waals surface area contributed by atoms with Crippen molar-refractivity contribution < 1.29 is 14.6 Å². The minimum absolute atomic E-state index is 0.210. The predicted molar refractivity (Wildman–Crippen MR) is 77.0 cm³/mol. The fourth-order valence-electron chi connectivity index (χ4n) is 1.66. The molecule has 0 atom stereocenters. The summed E-state index contributed by atoms with van der Waals surface area (Å²) in [7, 11) is 0. The second-order valence-corrected chi connectivity index (χ2v) is 4.24. The number of benzene rings is 2. The SMILES string of the molecule is Cc1ccc(C(=O)O)cc1OCC#Cc1ccccc1. The number of hydrogen-bond donors (Lipinski definition) is 1. The molecule has 1 N–H and O–H groups in total. The average molecular weight is 266 g/mol. The molecule has 0 aliphatic carbocycles. The molecule has 0 amide bonds. The molecule has 3 heteroatoms. The highest BCUT2D eigenvalue weighted by atomic mass is 16.5. The van der Waals surface area contributed by atoms with E-state index in [1.165, 1.54) is 6.07 Å². The number of rotatable bonds is 3. The quantitative estimate of drug-likeness (QED) is 0.868. The van der Waals surface area contributed by atoms with E-state index >= 15 is 0 Å². The molecule has 20 heavy (non-hydrogen) atoms. The first-order valence-electron chi connectivity index (χ1n) is 6.17. The van der Waals surface area contributed by atoms with Crippen LogP contribution in [-0.2, 0) is 0 Å². The van der Waals surface area contributed by atoms with E-state index in [1.807, 2.05) is 37.3 Å². The summed E-state index contributed by atoms with van der Waals surface area (Å²) >= 11 is 0. The van der Waals surface area contributed by atoms with Crippen molar-refractivity contribution in [3.63, 3.8) is 0 Å². The number of carboxylic acids is 1. The van der Waals surface area contributed by atoms with Crippen LogP contribution in [0.25, 0.3) is 0 Å². The Bertz CT molecular complexity index is 664. The number of aromatic carboxylic acids is 1. The van der Waals surface area contributed by atoms with Crippen LogP contribution in [-0.4, -0.2) is 17.7 Å². The van der Waals surface area contributed by atoms with Crippen molar-refractivity contribution in [2.45, 2.75) is 6.92 Å². The molecule has 0 radical (unpaired) electrons. The summed E-state index contributed by atoms with van der Waals surface area (Å²) in [5.74, 6) is 5.47. The third kappa shape index (κ3) is 3.63. The summed E-state index contributed by atoms with van der Waals surface area (Å²) in [6.07, 6.45) is 0. The highest BCUT2D eigenvalue weighted by Gasteiger charge is 2.06. The molecule has 2 aromatic rings.